The van der Waals surface area contributed by atoms with Gasteiger partial charge in [0.1, 0.15) is 0 Å². The maximum atomic E-state index is 12.2. The summed E-state index contributed by atoms with van der Waals surface area (Å²) in [6.07, 6.45) is 3.37. The molecule has 1 N–H and O–H groups in total. The molecule has 0 unspecified atom stereocenters. The predicted molar refractivity (Wildman–Crippen MR) is 89.5 cm³/mol. The fraction of sp³-hybridized carbons (Fsp3) is 0.235. The van der Waals surface area contributed by atoms with Gasteiger partial charge < -0.3 is 5.32 Å². The SMILES string of the molecule is CCCCc1ccc(C(=O)Nc2ccc(Cl)cc2Cl)cc1. The Morgan fingerprint density at radius 2 is 1.81 bits per heavy atom. The number of carbonyl (C=O) groups is 1. The second kappa shape index (κ2) is 7.48. The average molecular weight is 322 g/mol. The zero-order chi connectivity index (χ0) is 15.2. The summed E-state index contributed by atoms with van der Waals surface area (Å²) < 4.78 is 0. The van der Waals surface area contributed by atoms with Crippen molar-refractivity contribution in [3.05, 3.63) is 63.6 Å². The van der Waals surface area contributed by atoms with Crippen LogP contribution in [0.3, 0.4) is 0 Å². The van der Waals surface area contributed by atoms with Crippen LogP contribution < -0.4 is 5.32 Å². The van der Waals surface area contributed by atoms with Crippen molar-refractivity contribution in [2.45, 2.75) is 26.2 Å². The lowest BCUT2D eigenvalue weighted by Crippen LogP contribution is -2.12. The smallest absolute Gasteiger partial charge is 0.255 e. The van der Waals surface area contributed by atoms with Gasteiger partial charge >= 0.3 is 0 Å². The number of hydrogen-bond acceptors (Lipinski definition) is 1. The fourth-order valence-corrected chi connectivity index (χ4v) is 2.44. The van der Waals surface area contributed by atoms with Crippen LogP contribution in [0.1, 0.15) is 35.7 Å². The molecule has 21 heavy (non-hydrogen) atoms. The van der Waals surface area contributed by atoms with Gasteiger partial charge in [-0.15, -0.1) is 0 Å². The van der Waals surface area contributed by atoms with Gasteiger partial charge in [-0.05, 0) is 48.7 Å². The van der Waals surface area contributed by atoms with Crippen molar-refractivity contribution in [2.75, 3.05) is 5.32 Å². The lowest BCUT2D eigenvalue weighted by Gasteiger charge is -2.08. The van der Waals surface area contributed by atoms with Gasteiger partial charge in [-0.3, -0.25) is 4.79 Å². The number of halogens is 2. The zero-order valence-corrected chi connectivity index (χ0v) is 13.3. The molecule has 110 valence electrons. The molecular weight excluding hydrogens is 305 g/mol. The van der Waals surface area contributed by atoms with Crippen molar-refractivity contribution < 1.29 is 4.79 Å². The van der Waals surface area contributed by atoms with Crippen LogP contribution in [0.25, 0.3) is 0 Å². The number of aryl methyl sites for hydroxylation is 1. The molecule has 0 atom stereocenters. The molecule has 0 aliphatic carbocycles. The number of unbranched alkanes of at least 4 members (excludes halogenated alkanes) is 1. The Morgan fingerprint density at radius 1 is 1.10 bits per heavy atom. The van der Waals surface area contributed by atoms with Crippen LogP contribution in [0.4, 0.5) is 5.69 Å². The van der Waals surface area contributed by atoms with Crippen LogP contribution in [-0.2, 0) is 6.42 Å². The Bertz CT molecular complexity index is 623. The summed E-state index contributed by atoms with van der Waals surface area (Å²) in [5.74, 6) is -0.179. The second-order valence-electron chi connectivity index (χ2n) is 4.88. The highest BCUT2D eigenvalue weighted by Crippen LogP contribution is 2.25. The van der Waals surface area contributed by atoms with Crippen LogP contribution in [-0.4, -0.2) is 5.91 Å². The number of amides is 1. The molecule has 2 aromatic rings. The van der Waals surface area contributed by atoms with Gasteiger partial charge in [-0.2, -0.15) is 0 Å². The Kier molecular flexibility index (Phi) is 5.66. The van der Waals surface area contributed by atoms with E-state index in [-0.39, 0.29) is 5.91 Å². The quantitative estimate of drug-likeness (QED) is 0.764. The number of anilines is 1. The first-order chi connectivity index (χ1) is 10.1. The van der Waals surface area contributed by atoms with Crippen LogP contribution in [0, 0.1) is 0 Å². The van der Waals surface area contributed by atoms with Crippen LogP contribution in [0.5, 0.6) is 0 Å². The first kappa shape index (κ1) is 15.9. The highest BCUT2D eigenvalue weighted by molar-refractivity contribution is 6.36. The van der Waals surface area contributed by atoms with E-state index in [0.717, 1.165) is 19.3 Å². The molecule has 2 rings (SSSR count). The summed E-state index contributed by atoms with van der Waals surface area (Å²) in [6, 6.07) is 12.7. The van der Waals surface area contributed by atoms with Crippen molar-refractivity contribution in [1.29, 1.82) is 0 Å². The van der Waals surface area contributed by atoms with Crippen molar-refractivity contribution in [3.63, 3.8) is 0 Å². The van der Waals surface area contributed by atoms with Crippen molar-refractivity contribution in [2.24, 2.45) is 0 Å². The van der Waals surface area contributed by atoms with Gasteiger partial charge in [0.25, 0.3) is 5.91 Å². The highest BCUT2D eigenvalue weighted by atomic mass is 35.5. The molecule has 1 amide bonds. The number of rotatable bonds is 5. The molecule has 4 heteroatoms. The summed E-state index contributed by atoms with van der Waals surface area (Å²) in [7, 11) is 0. The fourth-order valence-electron chi connectivity index (χ4n) is 1.99. The molecule has 0 aliphatic rings. The lowest BCUT2D eigenvalue weighted by atomic mass is 10.1. The van der Waals surface area contributed by atoms with Gasteiger partial charge in [0.2, 0.25) is 0 Å². The van der Waals surface area contributed by atoms with E-state index in [4.69, 9.17) is 23.2 Å². The van der Waals surface area contributed by atoms with Gasteiger partial charge in [-0.1, -0.05) is 48.7 Å². The monoisotopic (exact) mass is 321 g/mol. The number of hydrogen-bond donors (Lipinski definition) is 1. The standard InChI is InChI=1S/C17H17Cl2NO/c1-2-3-4-12-5-7-13(8-6-12)17(21)20-16-10-9-14(18)11-15(16)19/h5-11H,2-4H2,1H3,(H,20,21). The minimum Gasteiger partial charge on any atom is -0.321 e. The number of nitrogens with one attached hydrogen (secondary N) is 1. The number of carbonyl (C=O) groups excluding carboxylic acids is 1. The molecule has 0 bridgehead atoms. The van der Waals surface area contributed by atoms with E-state index in [2.05, 4.69) is 12.2 Å². The Hall–Kier alpha value is -1.51. The van der Waals surface area contributed by atoms with E-state index < -0.39 is 0 Å². The van der Waals surface area contributed by atoms with Crippen LogP contribution >= 0.6 is 23.2 Å². The molecule has 0 radical (unpaired) electrons. The van der Waals surface area contributed by atoms with E-state index in [1.807, 2.05) is 24.3 Å². The van der Waals surface area contributed by atoms with Crippen molar-refractivity contribution in [1.82, 2.24) is 0 Å². The molecule has 0 heterocycles. The average Bonchev–Trinajstić information content (AvgIpc) is 2.48. The minimum atomic E-state index is -0.179. The van der Waals surface area contributed by atoms with E-state index in [1.54, 1.807) is 18.2 Å². The van der Waals surface area contributed by atoms with Crippen LogP contribution in [0.15, 0.2) is 42.5 Å². The first-order valence-electron chi connectivity index (χ1n) is 6.95. The molecule has 0 aliphatic heterocycles. The molecule has 2 aromatic carbocycles. The van der Waals surface area contributed by atoms with Crippen molar-refractivity contribution >= 4 is 34.8 Å². The summed E-state index contributed by atoms with van der Waals surface area (Å²) in [6.45, 7) is 2.16. The maximum Gasteiger partial charge on any atom is 0.255 e. The predicted octanol–water partition coefficient (Wildman–Crippen LogP) is 5.59. The van der Waals surface area contributed by atoms with Crippen LogP contribution in [0.2, 0.25) is 10.0 Å². The Labute approximate surface area is 135 Å². The molecule has 0 spiro atoms. The molecule has 0 saturated heterocycles. The van der Waals surface area contributed by atoms with Crippen molar-refractivity contribution in [3.8, 4) is 0 Å². The number of benzene rings is 2. The molecular formula is C17H17Cl2NO. The third-order valence-corrected chi connectivity index (χ3v) is 3.76. The summed E-state index contributed by atoms with van der Waals surface area (Å²) in [5.41, 5.74) is 2.42. The second-order valence-corrected chi connectivity index (χ2v) is 5.72. The third-order valence-electron chi connectivity index (χ3n) is 3.21. The zero-order valence-electron chi connectivity index (χ0n) is 11.8. The first-order valence-corrected chi connectivity index (χ1v) is 7.71. The van der Waals surface area contributed by atoms with E-state index >= 15 is 0 Å². The van der Waals surface area contributed by atoms with Gasteiger partial charge in [-0.25, -0.2) is 0 Å². The summed E-state index contributed by atoms with van der Waals surface area (Å²) >= 11 is 11.9. The van der Waals surface area contributed by atoms with Gasteiger partial charge in [0.05, 0.1) is 10.7 Å². The van der Waals surface area contributed by atoms with Gasteiger partial charge in [0, 0.05) is 10.6 Å². The van der Waals surface area contributed by atoms with E-state index in [1.165, 1.54) is 5.56 Å². The van der Waals surface area contributed by atoms with Gasteiger partial charge in [0.15, 0.2) is 0 Å². The molecule has 0 aromatic heterocycles. The molecule has 0 saturated carbocycles. The lowest BCUT2D eigenvalue weighted by molar-refractivity contribution is 0.102. The normalized spacial score (nSPS) is 10.4. The third kappa shape index (κ3) is 4.48. The summed E-state index contributed by atoms with van der Waals surface area (Å²) in [5, 5.41) is 3.75. The minimum absolute atomic E-state index is 0.179. The molecule has 0 fully saturated rings. The largest absolute Gasteiger partial charge is 0.321 e. The highest BCUT2D eigenvalue weighted by Gasteiger charge is 2.08. The Morgan fingerprint density at radius 3 is 2.43 bits per heavy atom. The van der Waals surface area contributed by atoms with E-state index in [9.17, 15) is 4.79 Å². The summed E-state index contributed by atoms with van der Waals surface area (Å²) in [4.78, 5) is 12.2. The maximum absolute atomic E-state index is 12.2. The molecule has 2 nitrogen and oxygen atoms in total. The topological polar surface area (TPSA) is 29.1 Å². The Balaban J connectivity index is 2.06. The van der Waals surface area contributed by atoms with E-state index in [0.29, 0.717) is 21.3 Å².